The Morgan fingerprint density at radius 1 is 1.17 bits per heavy atom. The van der Waals surface area contributed by atoms with Crippen LogP contribution in [0.5, 0.6) is 5.75 Å². The molecular weight excluding hydrogens is 366 g/mol. The smallest absolute Gasteiger partial charge is 0.249 e. The summed E-state index contributed by atoms with van der Waals surface area (Å²) in [6.45, 7) is 2.25. The predicted octanol–water partition coefficient (Wildman–Crippen LogP) is 3.99. The molecule has 2 aromatic carbocycles. The first-order chi connectivity index (χ1) is 14.1. The van der Waals surface area contributed by atoms with Crippen LogP contribution in [0.1, 0.15) is 12.5 Å². The fourth-order valence-electron chi connectivity index (χ4n) is 2.84. The second-order valence-electron chi connectivity index (χ2n) is 6.14. The van der Waals surface area contributed by atoms with E-state index in [1.54, 1.807) is 42.6 Å². The summed E-state index contributed by atoms with van der Waals surface area (Å²) in [6.07, 6.45) is 4.48. The van der Waals surface area contributed by atoms with E-state index in [1.807, 2.05) is 37.3 Å². The van der Waals surface area contributed by atoms with Crippen molar-refractivity contribution in [3.05, 3.63) is 72.4 Å². The van der Waals surface area contributed by atoms with Crippen molar-refractivity contribution in [2.45, 2.75) is 6.92 Å². The van der Waals surface area contributed by atoms with Crippen molar-refractivity contribution in [3.63, 3.8) is 0 Å². The molecule has 0 bridgehead atoms. The molecule has 1 unspecified atom stereocenters. The van der Waals surface area contributed by atoms with Gasteiger partial charge in [-0.15, -0.1) is 0 Å². The quantitative estimate of drug-likeness (QED) is 0.490. The number of nitrogens with zero attached hydrogens (tertiary/aromatic N) is 2. The summed E-state index contributed by atoms with van der Waals surface area (Å²) in [5, 5.41) is 12.9. The summed E-state index contributed by atoms with van der Waals surface area (Å²) in [7, 11) is 0. The summed E-state index contributed by atoms with van der Waals surface area (Å²) in [4.78, 5) is 29.3. The van der Waals surface area contributed by atoms with Gasteiger partial charge in [-0.05, 0) is 37.3 Å². The van der Waals surface area contributed by atoms with Crippen molar-refractivity contribution in [1.82, 2.24) is 4.98 Å². The Morgan fingerprint density at radius 2 is 1.97 bits per heavy atom. The number of fused-ring (bicyclic) bond motifs is 1. The molecule has 1 N–H and O–H groups in total. The average Bonchev–Trinajstić information content (AvgIpc) is 2.74. The molecule has 1 heterocycles. The highest BCUT2D eigenvalue weighted by molar-refractivity contribution is 6.14. The number of ether oxygens (including phenoxy) is 1. The zero-order chi connectivity index (χ0) is 20.6. The summed E-state index contributed by atoms with van der Waals surface area (Å²) < 4.78 is 5.45. The number of hydrogen-bond acceptors (Lipinski definition) is 5. The molecule has 0 fully saturated rings. The minimum Gasteiger partial charge on any atom is -0.492 e. The van der Waals surface area contributed by atoms with Crippen LogP contribution >= 0.6 is 0 Å². The fraction of sp³-hybridized carbons (Fsp3) is 0.130. The third-order valence-electron chi connectivity index (χ3n) is 4.21. The van der Waals surface area contributed by atoms with E-state index in [2.05, 4.69) is 10.3 Å². The minimum atomic E-state index is -1.47. The van der Waals surface area contributed by atoms with E-state index in [0.717, 1.165) is 16.5 Å². The van der Waals surface area contributed by atoms with Crippen LogP contribution in [0.2, 0.25) is 0 Å². The molecule has 0 radical (unpaired) electrons. The first kappa shape index (κ1) is 19.8. The number of aromatic nitrogens is 1. The molecule has 0 saturated heterocycles. The predicted molar refractivity (Wildman–Crippen MR) is 111 cm³/mol. The van der Waals surface area contributed by atoms with Gasteiger partial charge in [0.25, 0.3) is 0 Å². The van der Waals surface area contributed by atoms with Crippen molar-refractivity contribution in [3.8, 4) is 11.8 Å². The van der Waals surface area contributed by atoms with Crippen LogP contribution in [-0.4, -0.2) is 23.3 Å². The SMILES string of the molecule is CCOc1ccccc1NC(=O)C(C#N)C(=O)/C=C/c1cccc2cccnc12. The number of benzene rings is 2. The van der Waals surface area contributed by atoms with Gasteiger partial charge in [-0.2, -0.15) is 5.26 Å². The van der Waals surface area contributed by atoms with Crippen LogP contribution in [0, 0.1) is 17.2 Å². The molecule has 3 rings (SSSR count). The van der Waals surface area contributed by atoms with Crippen molar-refractivity contribution < 1.29 is 14.3 Å². The lowest BCUT2D eigenvalue weighted by Crippen LogP contribution is -2.27. The summed E-state index contributed by atoms with van der Waals surface area (Å²) in [5.41, 5.74) is 1.88. The van der Waals surface area contributed by atoms with Gasteiger partial charge in [0.05, 0.1) is 23.9 Å². The van der Waals surface area contributed by atoms with Crippen LogP contribution in [0.4, 0.5) is 5.69 Å². The number of rotatable bonds is 7. The Labute approximate surface area is 168 Å². The second kappa shape index (κ2) is 9.29. The van der Waals surface area contributed by atoms with E-state index in [9.17, 15) is 14.9 Å². The Hall–Kier alpha value is -3.98. The highest BCUT2D eigenvalue weighted by Crippen LogP contribution is 2.24. The molecule has 0 aliphatic carbocycles. The first-order valence-corrected chi connectivity index (χ1v) is 9.12. The van der Waals surface area contributed by atoms with E-state index < -0.39 is 17.6 Å². The number of nitriles is 1. The number of amides is 1. The number of carbonyl (C=O) groups excluding carboxylic acids is 2. The summed E-state index contributed by atoms with van der Waals surface area (Å²) in [6, 6.07) is 18.0. The first-order valence-electron chi connectivity index (χ1n) is 9.12. The van der Waals surface area contributed by atoms with Crippen molar-refractivity contribution in [2.24, 2.45) is 5.92 Å². The van der Waals surface area contributed by atoms with Crippen molar-refractivity contribution in [2.75, 3.05) is 11.9 Å². The molecule has 0 aliphatic rings. The molecule has 0 spiro atoms. The Balaban J connectivity index is 1.77. The third kappa shape index (κ3) is 4.66. The monoisotopic (exact) mass is 385 g/mol. The van der Waals surface area contributed by atoms with Gasteiger partial charge in [0.1, 0.15) is 5.75 Å². The van der Waals surface area contributed by atoms with Crippen LogP contribution in [0.15, 0.2) is 66.9 Å². The van der Waals surface area contributed by atoms with Crippen LogP contribution < -0.4 is 10.1 Å². The highest BCUT2D eigenvalue weighted by Gasteiger charge is 2.25. The average molecular weight is 385 g/mol. The molecule has 29 heavy (non-hydrogen) atoms. The van der Waals surface area contributed by atoms with E-state index in [0.29, 0.717) is 18.0 Å². The standard InChI is InChI=1S/C23H19N3O3/c1-2-29-21-11-4-3-10-19(21)26-23(28)18(15-24)20(27)13-12-17-8-5-7-16-9-6-14-25-22(16)17/h3-14,18H,2H2,1H3,(H,26,28)/b13-12+. The molecule has 0 aliphatic heterocycles. The fourth-order valence-corrected chi connectivity index (χ4v) is 2.84. The van der Waals surface area contributed by atoms with E-state index in [4.69, 9.17) is 4.74 Å². The van der Waals surface area contributed by atoms with Crippen LogP contribution in [0.25, 0.3) is 17.0 Å². The van der Waals surface area contributed by atoms with Gasteiger partial charge in [0, 0.05) is 17.1 Å². The number of ketones is 1. The number of allylic oxidation sites excluding steroid dienone is 1. The molecule has 144 valence electrons. The van der Waals surface area contributed by atoms with E-state index in [-0.39, 0.29) is 0 Å². The van der Waals surface area contributed by atoms with Gasteiger partial charge in [-0.1, -0.05) is 36.4 Å². The van der Waals surface area contributed by atoms with Gasteiger partial charge in [-0.25, -0.2) is 0 Å². The zero-order valence-electron chi connectivity index (χ0n) is 15.8. The van der Waals surface area contributed by atoms with Crippen LogP contribution in [-0.2, 0) is 9.59 Å². The molecule has 1 aromatic heterocycles. The number of carbonyl (C=O) groups is 2. The Bertz CT molecular complexity index is 1110. The maximum atomic E-state index is 12.5. The maximum absolute atomic E-state index is 12.5. The molecule has 3 aromatic rings. The summed E-state index contributed by atoms with van der Waals surface area (Å²) >= 11 is 0. The van der Waals surface area contributed by atoms with Crippen molar-refractivity contribution in [1.29, 1.82) is 5.26 Å². The van der Waals surface area contributed by atoms with Gasteiger partial charge < -0.3 is 10.1 Å². The van der Waals surface area contributed by atoms with Crippen LogP contribution in [0.3, 0.4) is 0 Å². The topological polar surface area (TPSA) is 92.1 Å². The molecule has 1 atom stereocenters. The molecule has 6 heteroatoms. The number of para-hydroxylation sites is 3. The minimum absolute atomic E-state index is 0.412. The second-order valence-corrected chi connectivity index (χ2v) is 6.14. The van der Waals surface area contributed by atoms with Gasteiger partial charge in [-0.3, -0.25) is 14.6 Å². The van der Waals surface area contributed by atoms with Crippen molar-refractivity contribution >= 4 is 34.4 Å². The molecular formula is C23H19N3O3. The molecule has 1 amide bonds. The largest absolute Gasteiger partial charge is 0.492 e. The Kier molecular flexibility index (Phi) is 6.33. The molecule has 0 saturated carbocycles. The third-order valence-corrected chi connectivity index (χ3v) is 4.21. The van der Waals surface area contributed by atoms with E-state index in [1.165, 1.54) is 6.08 Å². The normalized spacial score (nSPS) is 11.7. The van der Waals surface area contributed by atoms with Gasteiger partial charge in [0.15, 0.2) is 11.7 Å². The zero-order valence-corrected chi connectivity index (χ0v) is 15.8. The number of anilines is 1. The lowest BCUT2D eigenvalue weighted by molar-refractivity contribution is -0.126. The molecule has 6 nitrogen and oxygen atoms in total. The lowest BCUT2D eigenvalue weighted by Gasteiger charge is -2.12. The maximum Gasteiger partial charge on any atom is 0.249 e. The van der Waals surface area contributed by atoms with Gasteiger partial charge in [0.2, 0.25) is 5.91 Å². The lowest BCUT2D eigenvalue weighted by atomic mass is 10.0. The number of nitrogens with one attached hydrogen (secondary N) is 1. The van der Waals surface area contributed by atoms with E-state index >= 15 is 0 Å². The number of pyridine rings is 1. The number of hydrogen-bond donors (Lipinski definition) is 1. The summed E-state index contributed by atoms with van der Waals surface area (Å²) in [5.74, 6) is -2.30. The highest BCUT2D eigenvalue weighted by atomic mass is 16.5. The Morgan fingerprint density at radius 3 is 2.76 bits per heavy atom. The van der Waals surface area contributed by atoms with Gasteiger partial charge >= 0.3 is 0 Å².